The van der Waals surface area contributed by atoms with Crippen molar-refractivity contribution in [2.75, 3.05) is 31.1 Å². The normalized spacial score (nSPS) is 16.1. The number of nitrogens with zero attached hydrogens (tertiary/aromatic N) is 4. The zero-order valence-corrected chi connectivity index (χ0v) is 15.4. The molecule has 4 rings (SSSR count). The number of rotatable bonds is 3. The molecule has 0 aliphatic carbocycles. The van der Waals surface area contributed by atoms with E-state index >= 15 is 0 Å². The van der Waals surface area contributed by atoms with Crippen LogP contribution in [0.3, 0.4) is 0 Å². The molecule has 0 atom stereocenters. The fourth-order valence-electron chi connectivity index (χ4n) is 3.28. The Morgan fingerprint density at radius 1 is 0.846 bits per heavy atom. The Hall–Kier alpha value is -2.51. The molecule has 0 N–H and O–H groups in total. The molecule has 0 radical (unpaired) electrons. The van der Waals surface area contributed by atoms with Gasteiger partial charge in [0.2, 0.25) is 10.0 Å². The van der Waals surface area contributed by atoms with E-state index in [1.807, 2.05) is 49.4 Å². The summed E-state index contributed by atoms with van der Waals surface area (Å²) < 4.78 is 27.9. The summed E-state index contributed by atoms with van der Waals surface area (Å²) in [5, 5.41) is 9.97. The molecular formula is C19H20N4O2S. The third kappa shape index (κ3) is 3.04. The van der Waals surface area contributed by atoms with Crippen molar-refractivity contribution in [1.29, 1.82) is 0 Å². The van der Waals surface area contributed by atoms with E-state index in [2.05, 4.69) is 15.1 Å². The first-order chi connectivity index (χ1) is 12.6. The highest BCUT2D eigenvalue weighted by Gasteiger charge is 2.30. The largest absolute Gasteiger partial charge is 0.352 e. The SMILES string of the molecule is Cc1ccc(N2CCN(S(=O)(=O)c3cccc4ccccc34)CC2)nn1. The van der Waals surface area contributed by atoms with Crippen LogP contribution in [0.25, 0.3) is 10.8 Å². The zero-order chi connectivity index (χ0) is 18.1. The maximum absolute atomic E-state index is 13.2. The van der Waals surface area contributed by atoms with Crippen LogP contribution in [-0.4, -0.2) is 49.1 Å². The zero-order valence-electron chi connectivity index (χ0n) is 14.5. The van der Waals surface area contributed by atoms with Crippen molar-refractivity contribution in [2.45, 2.75) is 11.8 Å². The average molecular weight is 368 g/mol. The fourth-order valence-corrected chi connectivity index (χ4v) is 4.91. The summed E-state index contributed by atoms with van der Waals surface area (Å²) in [7, 11) is -3.53. The Labute approximate surface area is 153 Å². The topological polar surface area (TPSA) is 66.4 Å². The Kier molecular flexibility index (Phi) is 4.34. The Bertz CT molecular complexity index is 1020. The van der Waals surface area contributed by atoms with Crippen molar-refractivity contribution in [1.82, 2.24) is 14.5 Å². The van der Waals surface area contributed by atoms with E-state index in [1.165, 1.54) is 0 Å². The second-order valence-corrected chi connectivity index (χ2v) is 8.31. The first-order valence-corrected chi connectivity index (χ1v) is 10.0. The van der Waals surface area contributed by atoms with Gasteiger partial charge in [-0.3, -0.25) is 0 Å². The monoisotopic (exact) mass is 368 g/mol. The van der Waals surface area contributed by atoms with Crippen molar-refractivity contribution < 1.29 is 8.42 Å². The van der Waals surface area contributed by atoms with E-state index in [4.69, 9.17) is 0 Å². The number of aromatic nitrogens is 2. The minimum Gasteiger partial charge on any atom is -0.352 e. The van der Waals surface area contributed by atoms with E-state index in [9.17, 15) is 8.42 Å². The lowest BCUT2D eigenvalue weighted by Crippen LogP contribution is -2.49. The Morgan fingerprint density at radius 3 is 2.31 bits per heavy atom. The molecule has 1 saturated heterocycles. The molecule has 2 heterocycles. The smallest absolute Gasteiger partial charge is 0.243 e. The van der Waals surface area contributed by atoms with Gasteiger partial charge in [-0.1, -0.05) is 36.4 Å². The summed E-state index contributed by atoms with van der Waals surface area (Å²) in [5.41, 5.74) is 0.867. The maximum Gasteiger partial charge on any atom is 0.243 e. The van der Waals surface area contributed by atoms with Gasteiger partial charge in [-0.25, -0.2) is 8.42 Å². The van der Waals surface area contributed by atoms with Crippen LogP contribution >= 0.6 is 0 Å². The van der Waals surface area contributed by atoms with Crippen molar-refractivity contribution >= 4 is 26.6 Å². The molecule has 7 heteroatoms. The highest BCUT2D eigenvalue weighted by atomic mass is 32.2. The average Bonchev–Trinajstić information content (AvgIpc) is 2.68. The van der Waals surface area contributed by atoms with Gasteiger partial charge in [0.1, 0.15) is 0 Å². The summed E-state index contributed by atoms with van der Waals surface area (Å²) in [6.07, 6.45) is 0. The van der Waals surface area contributed by atoms with Crippen LogP contribution in [0, 0.1) is 6.92 Å². The van der Waals surface area contributed by atoms with Crippen LogP contribution in [-0.2, 0) is 10.0 Å². The molecule has 1 aliphatic rings. The molecular weight excluding hydrogens is 348 g/mol. The molecule has 6 nitrogen and oxygen atoms in total. The summed E-state index contributed by atoms with van der Waals surface area (Å²) in [6, 6.07) is 16.8. The summed E-state index contributed by atoms with van der Waals surface area (Å²) in [6.45, 7) is 3.96. The summed E-state index contributed by atoms with van der Waals surface area (Å²) in [5.74, 6) is 0.790. The molecule has 1 aliphatic heterocycles. The van der Waals surface area contributed by atoms with E-state index < -0.39 is 10.0 Å². The van der Waals surface area contributed by atoms with Gasteiger partial charge < -0.3 is 4.90 Å². The van der Waals surface area contributed by atoms with Crippen LogP contribution in [0.2, 0.25) is 0 Å². The predicted octanol–water partition coefficient (Wildman–Crippen LogP) is 2.45. The highest BCUT2D eigenvalue weighted by Crippen LogP contribution is 2.26. The second kappa shape index (κ2) is 6.66. The minimum atomic E-state index is -3.53. The van der Waals surface area contributed by atoms with Gasteiger partial charge in [0.25, 0.3) is 0 Å². The van der Waals surface area contributed by atoms with Crippen LogP contribution in [0.5, 0.6) is 0 Å². The number of anilines is 1. The standard InChI is InChI=1S/C19H20N4O2S/c1-15-9-10-19(21-20-15)22-11-13-23(14-12-22)26(24,25)18-8-4-6-16-5-2-3-7-17(16)18/h2-10H,11-14H2,1H3. The van der Waals surface area contributed by atoms with Crippen molar-refractivity contribution in [3.8, 4) is 0 Å². The minimum absolute atomic E-state index is 0.374. The molecule has 26 heavy (non-hydrogen) atoms. The van der Waals surface area contributed by atoms with Crippen molar-refractivity contribution in [3.05, 3.63) is 60.3 Å². The van der Waals surface area contributed by atoms with E-state index in [1.54, 1.807) is 16.4 Å². The van der Waals surface area contributed by atoms with E-state index in [0.29, 0.717) is 31.1 Å². The number of fused-ring (bicyclic) bond motifs is 1. The van der Waals surface area contributed by atoms with Gasteiger partial charge in [-0.05, 0) is 30.5 Å². The third-order valence-corrected chi connectivity index (χ3v) is 6.67. The highest BCUT2D eigenvalue weighted by molar-refractivity contribution is 7.89. The van der Waals surface area contributed by atoms with E-state index in [0.717, 1.165) is 22.3 Å². The second-order valence-electron chi connectivity index (χ2n) is 6.40. The lowest BCUT2D eigenvalue weighted by molar-refractivity contribution is 0.384. The lowest BCUT2D eigenvalue weighted by atomic mass is 10.1. The number of aryl methyl sites for hydroxylation is 1. The Balaban J connectivity index is 1.57. The number of benzene rings is 2. The molecule has 0 bridgehead atoms. The molecule has 1 fully saturated rings. The number of hydrogen-bond acceptors (Lipinski definition) is 5. The van der Waals surface area contributed by atoms with Crippen LogP contribution < -0.4 is 4.90 Å². The lowest BCUT2D eigenvalue weighted by Gasteiger charge is -2.34. The van der Waals surface area contributed by atoms with Gasteiger partial charge in [-0.15, -0.1) is 5.10 Å². The van der Waals surface area contributed by atoms with Crippen molar-refractivity contribution in [3.63, 3.8) is 0 Å². The first-order valence-electron chi connectivity index (χ1n) is 8.59. The van der Waals surface area contributed by atoms with Crippen LogP contribution in [0.4, 0.5) is 5.82 Å². The fraction of sp³-hybridized carbons (Fsp3) is 0.263. The molecule has 3 aromatic rings. The third-order valence-electron chi connectivity index (χ3n) is 4.71. The Morgan fingerprint density at radius 2 is 1.58 bits per heavy atom. The van der Waals surface area contributed by atoms with Gasteiger partial charge in [-0.2, -0.15) is 9.40 Å². The van der Waals surface area contributed by atoms with Gasteiger partial charge in [0.05, 0.1) is 10.6 Å². The molecule has 0 spiro atoms. The van der Waals surface area contributed by atoms with Crippen LogP contribution in [0.1, 0.15) is 5.69 Å². The van der Waals surface area contributed by atoms with Gasteiger partial charge in [0, 0.05) is 31.6 Å². The van der Waals surface area contributed by atoms with E-state index in [-0.39, 0.29) is 0 Å². The number of sulfonamides is 1. The molecule has 134 valence electrons. The molecule has 2 aromatic carbocycles. The molecule has 1 aromatic heterocycles. The van der Waals surface area contributed by atoms with Crippen LogP contribution in [0.15, 0.2) is 59.5 Å². The molecule has 0 unspecified atom stereocenters. The maximum atomic E-state index is 13.2. The van der Waals surface area contributed by atoms with Crippen molar-refractivity contribution in [2.24, 2.45) is 0 Å². The number of hydrogen-bond donors (Lipinski definition) is 0. The predicted molar refractivity (Wildman–Crippen MR) is 102 cm³/mol. The number of piperazine rings is 1. The molecule has 0 amide bonds. The quantitative estimate of drug-likeness (QED) is 0.710. The summed E-state index contributed by atoms with van der Waals surface area (Å²) in [4.78, 5) is 2.45. The van der Waals surface area contributed by atoms with Gasteiger partial charge in [0.15, 0.2) is 5.82 Å². The summed E-state index contributed by atoms with van der Waals surface area (Å²) >= 11 is 0. The van der Waals surface area contributed by atoms with Gasteiger partial charge >= 0.3 is 0 Å². The first kappa shape index (κ1) is 16.9. The molecule has 0 saturated carbocycles.